The first kappa shape index (κ1) is 26.0. The van der Waals surface area contributed by atoms with Crippen LogP contribution >= 0.6 is 11.6 Å². The first-order chi connectivity index (χ1) is 16.3. The number of rotatable bonds is 3. The van der Waals surface area contributed by atoms with E-state index in [4.69, 9.17) is 21.1 Å². The molecular formula is C25H28ClN5O4. The molecule has 0 fully saturated rings. The van der Waals surface area contributed by atoms with Gasteiger partial charge in [0.05, 0.1) is 5.88 Å². The molecular weight excluding hydrogens is 470 g/mol. The molecule has 3 rings (SSSR count). The Morgan fingerprint density at radius 1 is 1.06 bits per heavy atom. The van der Waals surface area contributed by atoms with Crippen LogP contribution in [0.1, 0.15) is 52.9 Å². The minimum absolute atomic E-state index is 0.0170. The fourth-order valence-corrected chi connectivity index (χ4v) is 3.64. The Morgan fingerprint density at radius 3 is 2.17 bits per heavy atom. The summed E-state index contributed by atoms with van der Waals surface area (Å²) in [6.45, 7) is 10.1. The first-order valence-electron chi connectivity index (χ1n) is 10.9. The topological polar surface area (TPSA) is 110 Å². The van der Waals surface area contributed by atoms with Gasteiger partial charge in [0.25, 0.3) is 0 Å². The van der Waals surface area contributed by atoms with E-state index in [9.17, 15) is 14.9 Å². The number of alkyl halides is 1. The van der Waals surface area contributed by atoms with Crippen LogP contribution in [0.25, 0.3) is 22.2 Å². The number of anilines is 1. The van der Waals surface area contributed by atoms with Crippen molar-refractivity contribution in [1.29, 1.82) is 5.26 Å². The van der Waals surface area contributed by atoms with E-state index >= 15 is 0 Å². The number of pyridine rings is 2. The number of halogens is 1. The molecule has 184 valence electrons. The Hall–Kier alpha value is -3.64. The lowest BCUT2D eigenvalue weighted by molar-refractivity contribution is 0.0429. The number of hydrogen-bond donors (Lipinski definition) is 0. The minimum atomic E-state index is -0.961. The highest BCUT2D eigenvalue weighted by atomic mass is 35.5. The summed E-state index contributed by atoms with van der Waals surface area (Å²) >= 11 is 6.06. The molecule has 10 heteroatoms. The van der Waals surface area contributed by atoms with Gasteiger partial charge in [-0.3, -0.25) is 0 Å². The normalized spacial score (nSPS) is 11.7. The fourth-order valence-electron chi connectivity index (χ4n) is 3.39. The van der Waals surface area contributed by atoms with Crippen LogP contribution in [0.4, 0.5) is 15.4 Å². The summed E-state index contributed by atoms with van der Waals surface area (Å²) in [4.78, 5) is 35.3. The number of aromatic nitrogens is 3. The molecule has 2 amide bonds. The molecule has 3 aromatic heterocycles. The molecule has 0 atom stereocenters. The van der Waals surface area contributed by atoms with Crippen molar-refractivity contribution in [1.82, 2.24) is 14.5 Å². The molecule has 0 radical (unpaired) electrons. The molecule has 0 spiro atoms. The largest absolute Gasteiger partial charge is 0.443 e. The van der Waals surface area contributed by atoms with Crippen LogP contribution < -0.4 is 4.90 Å². The second-order valence-corrected chi connectivity index (χ2v) is 10.2. The van der Waals surface area contributed by atoms with Gasteiger partial charge in [0.1, 0.15) is 28.7 Å². The van der Waals surface area contributed by atoms with E-state index in [2.05, 4.69) is 16.0 Å². The zero-order valence-corrected chi connectivity index (χ0v) is 21.6. The summed E-state index contributed by atoms with van der Waals surface area (Å²) in [6.07, 6.45) is -0.285. The summed E-state index contributed by atoms with van der Waals surface area (Å²) in [5, 5.41) is 10.7. The maximum atomic E-state index is 12.9. The van der Waals surface area contributed by atoms with Gasteiger partial charge in [0.2, 0.25) is 0 Å². The average Bonchev–Trinajstić information content (AvgIpc) is 3.07. The molecule has 0 aliphatic carbocycles. The van der Waals surface area contributed by atoms with E-state index < -0.39 is 23.4 Å². The van der Waals surface area contributed by atoms with Gasteiger partial charge in [0.15, 0.2) is 5.69 Å². The second-order valence-electron chi connectivity index (χ2n) is 9.90. The molecule has 3 aromatic rings. The van der Waals surface area contributed by atoms with Crippen molar-refractivity contribution < 1.29 is 19.1 Å². The highest BCUT2D eigenvalue weighted by molar-refractivity contribution is 6.17. The van der Waals surface area contributed by atoms with E-state index in [0.717, 1.165) is 16.6 Å². The van der Waals surface area contributed by atoms with Crippen molar-refractivity contribution in [2.24, 2.45) is 7.05 Å². The van der Waals surface area contributed by atoms with Gasteiger partial charge in [-0.1, -0.05) is 0 Å². The molecule has 3 heterocycles. The molecule has 0 unspecified atom stereocenters. The van der Waals surface area contributed by atoms with Crippen LogP contribution in [0, 0.1) is 11.3 Å². The predicted molar refractivity (Wildman–Crippen MR) is 133 cm³/mol. The Balaban J connectivity index is 2.14. The van der Waals surface area contributed by atoms with Gasteiger partial charge < -0.3 is 14.0 Å². The molecule has 0 N–H and O–H groups in total. The lowest BCUT2D eigenvalue weighted by Crippen LogP contribution is -2.44. The molecule has 0 aliphatic heterocycles. The maximum Gasteiger partial charge on any atom is 0.425 e. The summed E-state index contributed by atoms with van der Waals surface area (Å²) in [7, 11) is 1.86. The lowest BCUT2D eigenvalue weighted by Gasteiger charge is -2.28. The van der Waals surface area contributed by atoms with Crippen molar-refractivity contribution in [2.75, 3.05) is 4.90 Å². The Bertz CT molecular complexity index is 1300. The molecule has 0 aromatic carbocycles. The number of nitriles is 1. The van der Waals surface area contributed by atoms with E-state index in [0.29, 0.717) is 22.0 Å². The highest BCUT2D eigenvalue weighted by Crippen LogP contribution is 2.33. The Kier molecular flexibility index (Phi) is 7.08. The SMILES string of the molecule is Cn1c(CCl)cc2c(-c3ccc(N(C(=O)OC(C)(C)C)C(=O)OC(C)(C)C)nc3C#N)ccnc21. The minimum Gasteiger partial charge on any atom is -0.443 e. The summed E-state index contributed by atoms with van der Waals surface area (Å²) < 4.78 is 12.7. The summed E-state index contributed by atoms with van der Waals surface area (Å²) in [5.41, 5.74) is 1.09. The number of carbonyl (C=O) groups is 2. The number of amides is 2. The quantitative estimate of drug-likeness (QED) is 0.413. The molecule has 0 saturated carbocycles. The van der Waals surface area contributed by atoms with E-state index in [1.54, 1.807) is 59.9 Å². The first-order valence-corrected chi connectivity index (χ1v) is 11.5. The van der Waals surface area contributed by atoms with Crippen molar-refractivity contribution in [2.45, 2.75) is 58.6 Å². The molecule has 0 aliphatic rings. The number of fused-ring (bicyclic) bond motifs is 1. The van der Waals surface area contributed by atoms with Crippen molar-refractivity contribution in [3.63, 3.8) is 0 Å². The Morgan fingerprint density at radius 2 is 1.66 bits per heavy atom. The van der Waals surface area contributed by atoms with Gasteiger partial charge in [-0.2, -0.15) is 10.2 Å². The van der Waals surface area contributed by atoms with Gasteiger partial charge in [-0.15, -0.1) is 11.6 Å². The molecule has 35 heavy (non-hydrogen) atoms. The summed E-state index contributed by atoms with van der Waals surface area (Å²) in [6, 6.07) is 8.86. The van der Waals surface area contributed by atoms with E-state index in [1.165, 1.54) is 6.07 Å². The molecule has 0 saturated heterocycles. The van der Waals surface area contributed by atoms with E-state index in [1.807, 2.05) is 17.7 Å². The van der Waals surface area contributed by atoms with Gasteiger partial charge >= 0.3 is 12.2 Å². The smallest absolute Gasteiger partial charge is 0.425 e. The van der Waals surface area contributed by atoms with Crippen LogP contribution in [0.3, 0.4) is 0 Å². The van der Waals surface area contributed by atoms with Crippen molar-refractivity contribution in [3.05, 3.63) is 41.9 Å². The monoisotopic (exact) mass is 497 g/mol. The lowest BCUT2D eigenvalue weighted by atomic mass is 10.0. The van der Waals surface area contributed by atoms with E-state index in [-0.39, 0.29) is 11.5 Å². The number of hydrogen-bond acceptors (Lipinski definition) is 7. The zero-order chi connectivity index (χ0) is 26.1. The third-order valence-electron chi connectivity index (χ3n) is 4.82. The number of carbonyl (C=O) groups excluding carboxylic acids is 2. The summed E-state index contributed by atoms with van der Waals surface area (Å²) in [5.74, 6) is 0.212. The number of nitrogens with zero attached hydrogens (tertiary/aromatic N) is 5. The average molecular weight is 498 g/mol. The third-order valence-corrected chi connectivity index (χ3v) is 5.10. The van der Waals surface area contributed by atoms with Crippen LogP contribution in [-0.4, -0.2) is 37.9 Å². The Labute approximate surface area is 209 Å². The van der Waals surface area contributed by atoms with Crippen LogP contribution in [0.5, 0.6) is 0 Å². The zero-order valence-electron chi connectivity index (χ0n) is 20.8. The maximum absolute atomic E-state index is 12.9. The van der Waals surface area contributed by atoms with Gasteiger partial charge in [-0.25, -0.2) is 19.6 Å². The fraction of sp³-hybridized carbons (Fsp3) is 0.400. The standard InChI is InChI=1S/C25H28ClN5O4/c1-24(2,3)34-22(32)31(23(33)35-25(4,5)6)20-9-8-17(19(14-27)29-20)16-10-11-28-21-18(16)12-15(13-26)30(21)7/h8-12H,13H2,1-7H3. The third kappa shape index (κ3) is 5.72. The van der Waals surface area contributed by atoms with Crippen LogP contribution in [0.15, 0.2) is 30.5 Å². The van der Waals surface area contributed by atoms with Crippen LogP contribution in [-0.2, 0) is 22.4 Å². The highest BCUT2D eigenvalue weighted by Gasteiger charge is 2.34. The van der Waals surface area contributed by atoms with Gasteiger partial charge in [0, 0.05) is 29.9 Å². The number of ether oxygens (including phenoxy) is 2. The van der Waals surface area contributed by atoms with Crippen molar-refractivity contribution >= 4 is 40.6 Å². The second kappa shape index (κ2) is 9.55. The van der Waals surface area contributed by atoms with Gasteiger partial charge in [-0.05, 0) is 71.4 Å². The predicted octanol–water partition coefficient (Wildman–Crippen LogP) is 5.92. The molecule has 0 bridgehead atoms. The number of aryl methyl sites for hydroxylation is 1. The number of imide groups is 1. The van der Waals surface area contributed by atoms with Crippen molar-refractivity contribution in [3.8, 4) is 17.2 Å². The molecule has 9 nitrogen and oxygen atoms in total. The van der Waals surface area contributed by atoms with Crippen LogP contribution in [0.2, 0.25) is 0 Å².